The fraction of sp³-hybridized carbons (Fsp3) is 0.308. The van der Waals surface area contributed by atoms with E-state index >= 15 is 0 Å². The van der Waals surface area contributed by atoms with Crippen LogP contribution in [0.25, 0.3) is 0 Å². The molecule has 1 aliphatic rings. The molecule has 112 valence electrons. The van der Waals surface area contributed by atoms with Crippen LogP contribution in [0.2, 0.25) is 0 Å². The summed E-state index contributed by atoms with van der Waals surface area (Å²) in [6.07, 6.45) is 0.376. The van der Waals surface area contributed by atoms with E-state index < -0.39 is 24.5 Å². The second kappa shape index (κ2) is 6.29. The van der Waals surface area contributed by atoms with Crippen molar-refractivity contribution >= 4 is 17.7 Å². The summed E-state index contributed by atoms with van der Waals surface area (Å²) < 4.78 is 28.1. The van der Waals surface area contributed by atoms with Crippen LogP contribution < -0.4 is 15.4 Å². The van der Waals surface area contributed by atoms with Gasteiger partial charge >= 0.3 is 6.61 Å². The maximum atomic E-state index is 12.0. The van der Waals surface area contributed by atoms with Crippen molar-refractivity contribution in [1.29, 1.82) is 0 Å². The average molecular weight is 298 g/mol. The number of nitrogens with one attached hydrogen (secondary N) is 2. The van der Waals surface area contributed by atoms with Crippen LogP contribution in [0, 0.1) is 0 Å². The monoisotopic (exact) mass is 298 g/mol. The Morgan fingerprint density at radius 3 is 2.52 bits per heavy atom. The van der Waals surface area contributed by atoms with E-state index in [4.69, 9.17) is 0 Å². The molecule has 0 spiro atoms. The van der Waals surface area contributed by atoms with Crippen LogP contribution in [-0.2, 0) is 9.59 Å². The van der Waals surface area contributed by atoms with Crippen LogP contribution in [0.15, 0.2) is 24.3 Å². The summed E-state index contributed by atoms with van der Waals surface area (Å²) in [6.45, 7) is -2.94. The normalized spacial score (nSPS) is 18.3. The third kappa shape index (κ3) is 3.98. The van der Waals surface area contributed by atoms with Crippen molar-refractivity contribution in [2.24, 2.45) is 0 Å². The van der Waals surface area contributed by atoms with Gasteiger partial charge in [0.2, 0.25) is 11.8 Å². The number of amides is 3. The molecule has 0 saturated carbocycles. The molecule has 6 nitrogen and oxygen atoms in total. The molecule has 1 aromatic carbocycles. The van der Waals surface area contributed by atoms with E-state index in [-0.39, 0.29) is 30.1 Å². The van der Waals surface area contributed by atoms with Crippen molar-refractivity contribution < 1.29 is 27.9 Å². The highest BCUT2D eigenvalue weighted by molar-refractivity contribution is 6.03. The molecular formula is C13H12F2N2O4. The number of hydrogen-bond acceptors (Lipinski definition) is 4. The van der Waals surface area contributed by atoms with Crippen molar-refractivity contribution in [1.82, 2.24) is 10.6 Å². The molecule has 3 amide bonds. The Hall–Kier alpha value is -2.51. The average Bonchev–Trinajstić information content (AvgIpc) is 2.42. The summed E-state index contributed by atoms with van der Waals surface area (Å²) in [5.74, 6) is -1.54. The number of hydrogen-bond donors (Lipinski definition) is 2. The summed E-state index contributed by atoms with van der Waals surface area (Å²) in [7, 11) is 0. The predicted octanol–water partition coefficient (Wildman–Crippen LogP) is 0.823. The van der Waals surface area contributed by atoms with Crippen LogP contribution in [0.4, 0.5) is 8.78 Å². The summed E-state index contributed by atoms with van der Waals surface area (Å²) in [6, 6.07) is 4.28. The third-order valence-corrected chi connectivity index (χ3v) is 2.89. The number of carbonyl (C=O) groups is 3. The van der Waals surface area contributed by atoms with E-state index in [1.165, 1.54) is 24.3 Å². The minimum absolute atomic E-state index is 0.0671. The lowest BCUT2D eigenvalue weighted by Crippen LogP contribution is -2.52. The number of imide groups is 1. The Morgan fingerprint density at radius 1 is 1.29 bits per heavy atom. The fourth-order valence-electron chi connectivity index (χ4n) is 1.86. The van der Waals surface area contributed by atoms with Crippen LogP contribution in [0.5, 0.6) is 5.75 Å². The number of rotatable bonds is 4. The highest BCUT2D eigenvalue weighted by atomic mass is 19.3. The number of alkyl halides is 2. The number of carbonyl (C=O) groups excluding carboxylic acids is 3. The molecule has 0 aliphatic carbocycles. The van der Waals surface area contributed by atoms with Crippen molar-refractivity contribution in [2.75, 3.05) is 0 Å². The number of halogens is 2. The highest BCUT2D eigenvalue weighted by Crippen LogP contribution is 2.15. The summed E-state index contributed by atoms with van der Waals surface area (Å²) in [5, 5.41) is 4.59. The first-order valence-corrected chi connectivity index (χ1v) is 6.15. The maximum Gasteiger partial charge on any atom is 0.387 e. The van der Waals surface area contributed by atoms with E-state index in [1.54, 1.807) is 0 Å². The lowest BCUT2D eigenvalue weighted by Gasteiger charge is -2.21. The Labute approximate surface area is 118 Å². The van der Waals surface area contributed by atoms with Gasteiger partial charge in [-0.15, -0.1) is 0 Å². The Bertz CT molecular complexity index is 560. The van der Waals surface area contributed by atoms with Gasteiger partial charge in [0.05, 0.1) is 0 Å². The molecule has 1 aliphatic heterocycles. The molecule has 1 aromatic rings. The molecule has 2 N–H and O–H groups in total. The van der Waals surface area contributed by atoms with E-state index in [0.29, 0.717) is 0 Å². The first kappa shape index (κ1) is 14.9. The molecular weight excluding hydrogens is 286 g/mol. The molecule has 1 unspecified atom stereocenters. The number of ether oxygens (including phenoxy) is 1. The zero-order chi connectivity index (χ0) is 15.4. The quantitative estimate of drug-likeness (QED) is 0.806. The first-order chi connectivity index (χ1) is 9.95. The van der Waals surface area contributed by atoms with E-state index in [2.05, 4.69) is 15.4 Å². The lowest BCUT2D eigenvalue weighted by molar-refractivity contribution is -0.134. The Morgan fingerprint density at radius 2 is 1.95 bits per heavy atom. The summed E-state index contributed by atoms with van der Waals surface area (Å²) in [4.78, 5) is 34.4. The number of benzene rings is 1. The second-order valence-electron chi connectivity index (χ2n) is 4.38. The topological polar surface area (TPSA) is 84.5 Å². The van der Waals surface area contributed by atoms with Crippen LogP contribution in [0.3, 0.4) is 0 Å². The van der Waals surface area contributed by atoms with Gasteiger partial charge in [0.1, 0.15) is 11.8 Å². The molecule has 21 heavy (non-hydrogen) atoms. The molecule has 0 radical (unpaired) electrons. The molecule has 0 aromatic heterocycles. The Balaban J connectivity index is 1.97. The van der Waals surface area contributed by atoms with Gasteiger partial charge < -0.3 is 10.1 Å². The second-order valence-corrected chi connectivity index (χ2v) is 4.38. The van der Waals surface area contributed by atoms with Gasteiger partial charge in [-0.3, -0.25) is 19.7 Å². The molecule has 1 heterocycles. The largest absolute Gasteiger partial charge is 0.435 e. The SMILES string of the molecule is O=C1CCC(NC(=O)c2ccc(OC(F)F)cc2)C(=O)N1. The lowest BCUT2D eigenvalue weighted by atomic mass is 10.1. The predicted molar refractivity (Wildman–Crippen MR) is 66.7 cm³/mol. The van der Waals surface area contributed by atoms with Crippen LogP contribution in [-0.4, -0.2) is 30.4 Å². The highest BCUT2D eigenvalue weighted by Gasteiger charge is 2.28. The van der Waals surface area contributed by atoms with Gasteiger partial charge in [-0.1, -0.05) is 0 Å². The zero-order valence-electron chi connectivity index (χ0n) is 10.8. The van der Waals surface area contributed by atoms with Gasteiger partial charge in [-0.25, -0.2) is 0 Å². The fourth-order valence-corrected chi connectivity index (χ4v) is 1.86. The summed E-state index contributed by atoms with van der Waals surface area (Å²) in [5.41, 5.74) is 0.196. The smallest absolute Gasteiger partial charge is 0.387 e. The molecule has 1 fully saturated rings. The minimum atomic E-state index is -2.94. The van der Waals surface area contributed by atoms with Gasteiger partial charge in [-0.05, 0) is 30.7 Å². The molecule has 8 heteroatoms. The van der Waals surface area contributed by atoms with Crippen LogP contribution >= 0.6 is 0 Å². The van der Waals surface area contributed by atoms with Crippen molar-refractivity contribution in [3.63, 3.8) is 0 Å². The van der Waals surface area contributed by atoms with Gasteiger partial charge in [0, 0.05) is 12.0 Å². The molecule has 2 rings (SSSR count). The molecule has 0 bridgehead atoms. The van der Waals surface area contributed by atoms with Gasteiger partial charge in [0.15, 0.2) is 0 Å². The minimum Gasteiger partial charge on any atom is -0.435 e. The number of piperidine rings is 1. The standard InChI is InChI=1S/C13H12F2N2O4/c14-13(15)21-8-3-1-7(2-4-8)11(19)16-9-5-6-10(18)17-12(9)20/h1-4,9,13H,5-6H2,(H,16,19)(H,17,18,20). The van der Waals surface area contributed by atoms with Crippen molar-refractivity contribution in [3.8, 4) is 5.75 Å². The van der Waals surface area contributed by atoms with E-state index in [1.807, 2.05) is 0 Å². The van der Waals surface area contributed by atoms with E-state index in [9.17, 15) is 23.2 Å². The molecule has 1 atom stereocenters. The first-order valence-electron chi connectivity index (χ1n) is 6.15. The van der Waals surface area contributed by atoms with Crippen molar-refractivity contribution in [3.05, 3.63) is 29.8 Å². The van der Waals surface area contributed by atoms with Gasteiger partial charge in [-0.2, -0.15) is 8.78 Å². The maximum absolute atomic E-state index is 12.0. The van der Waals surface area contributed by atoms with E-state index in [0.717, 1.165) is 0 Å². The molecule has 1 saturated heterocycles. The summed E-state index contributed by atoms with van der Waals surface area (Å²) >= 11 is 0. The zero-order valence-corrected chi connectivity index (χ0v) is 10.8. The Kier molecular flexibility index (Phi) is 4.46. The van der Waals surface area contributed by atoms with Crippen molar-refractivity contribution in [2.45, 2.75) is 25.5 Å². The van der Waals surface area contributed by atoms with Gasteiger partial charge in [0.25, 0.3) is 5.91 Å². The van der Waals surface area contributed by atoms with Crippen LogP contribution in [0.1, 0.15) is 23.2 Å². The third-order valence-electron chi connectivity index (χ3n) is 2.89.